The monoisotopic (exact) mass is 151 g/mol. The van der Waals surface area contributed by atoms with Crippen LogP contribution in [0.4, 0.5) is 0 Å². The molecule has 1 aliphatic rings. The van der Waals surface area contributed by atoms with E-state index in [1.54, 1.807) is 0 Å². The molecule has 62 valence electrons. The van der Waals surface area contributed by atoms with Crippen LogP contribution in [0, 0.1) is 17.8 Å². The Bertz CT molecular complexity index is 174. The van der Waals surface area contributed by atoms with Gasteiger partial charge in [-0.3, -0.25) is 0 Å². The van der Waals surface area contributed by atoms with Crippen LogP contribution in [0.25, 0.3) is 0 Å². The van der Waals surface area contributed by atoms with E-state index >= 15 is 0 Å². The normalized spacial score (nSPS) is 25.3. The number of terminal acetylenes is 1. The van der Waals surface area contributed by atoms with E-state index < -0.39 is 0 Å². The molecule has 1 aliphatic carbocycles. The predicted octanol–water partition coefficient (Wildman–Crippen LogP) is 1.79. The Morgan fingerprint density at radius 2 is 2.00 bits per heavy atom. The quantitative estimate of drug-likeness (QED) is 0.606. The van der Waals surface area contributed by atoms with Crippen LogP contribution in [0.15, 0.2) is 0 Å². The summed E-state index contributed by atoms with van der Waals surface area (Å²) in [6, 6.07) is 0.774. The Kier molecular flexibility index (Phi) is 2.25. The van der Waals surface area contributed by atoms with Crippen LogP contribution in [-0.4, -0.2) is 12.1 Å². The maximum atomic E-state index is 5.27. The lowest BCUT2D eigenvalue weighted by Crippen LogP contribution is -2.38. The molecular formula is C10H17N. The second-order valence-corrected chi connectivity index (χ2v) is 3.93. The minimum Gasteiger partial charge on any atom is -0.301 e. The number of rotatable bonds is 3. The van der Waals surface area contributed by atoms with Gasteiger partial charge in [-0.15, -0.1) is 6.42 Å². The third kappa shape index (κ3) is 1.97. The summed E-state index contributed by atoms with van der Waals surface area (Å²) in [6.45, 7) is 6.57. The molecule has 0 bridgehead atoms. The minimum atomic E-state index is 0.211. The number of nitrogens with one attached hydrogen (secondary N) is 1. The molecule has 0 radical (unpaired) electrons. The zero-order chi connectivity index (χ0) is 8.48. The SMILES string of the molecule is C#CC(C)NC(C)C1(C)CC1. The highest BCUT2D eigenvalue weighted by Crippen LogP contribution is 2.47. The zero-order valence-corrected chi connectivity index (χ0v) is 7.65. The van der Waals surface area contributed by atoms with Crippen molar-refractivity contribution in [1.29, 1.82) is 0 Å². The second kappa shape index (κ2) is 2.87. The lowest BCUT2D eigenvalue weighted by molar-refractivity contribution is 0.370. The van der Waals surface area contributed by atoms with Crippen LogP contribution in [0.3, 0.4) is 0 Å². The fourth-order valence-electron chi connectivity index (χ4n) is 1.25. The molecule has 1 heteroatoms. The highest BCUT2D eigenvalue weighted by Gasteiger charge is 2.42. The standard InChI is InChI=1S/C10H17N/c1-5-8(2)11-9(3)10(4)6-7-10/h1,8-9,11H,6-7H2,2-4H3. The van der Waals surface area contributed by atoms with Gasteiger partial charge in [-0.25, -0.2) is 0 Å². The lowest BCUT2D eigenvalue weighted by Gasteiger charge is -2.22. The lowest BCUT2D eigenvalue weighted by atomic mass is 10.0. The van der Waals surface area contributed by atoms with Crippen molar-refractivity contribution in [3.8, 4) is 12.3 Å². The highest BCUT2D eigenvalue weighted by atomic mass is 15.0. The molecule has 0 aliphatic heterocycles. The molecule has 0 heterocycles. The van der Waals surface area contributed by atoms with Gasteiger partial charge < -0.3 is 5.32 Å². The fraction of sp³-hybridized carbons (Fsp3) is 0.800. The van der Waals surface area contributed by atoms with E-state index in [0.29, 0.717) is 11.5 Å². The molecular weight excluding hydrogens is 134 g/mol. The molecule has 2 atom stereocenters. The molecule has 2 unspecified atom stereocenters. The predicted molar refractivity (Wildman–Crippen MR) is 48.2 cm³/mol. The summed E-state index contributed by atoms with van der Waals surface area (Å²) in [6.07, 6.45) is 7.96. The van der Waals surface area contributed by atoms with Crippen LogP contribution in [-0.2, 0) is 0 Å². The van der Waals surface area contributed by atoms with E-state index in [1.165, 1.54) is 12.8 Å². The van der Waals surface area contributed by atoms with Crippen molar-refractivity contribution < 1.29 is 0 Å². The Hall–Kier alpha value is -0.480. The van der Waals surface area contributed by atoms with Crippen molar-refractivity contribution in [1.82, 2.24) is 5.32 Å². The van der Waals surface area contributed by atoms with Gasteiger partial charge in [-0.2, -0.15) is 0 Å². The van der Waals surface area contributed by atoms with Gasteiger partial charge in [-0.05, 0) is 32.1 Å². The molecule has 1 rings (SSSR count). The largest absolute Gasteiger partial charge is 0.301 e. The van der Waals surface area contributed by atoms with Crippen LogP contribution in [0.5, 0.6) is 0 Å². The number of hydrogen-bond donors (Lipinski definition) is 1. The topological polar surface area (TPSA) is 12.0 Å². The Morgan fingerprint density at radius 1 is 1.45 bits per heavy atom. The first kappa shape index (κ1) is 8.62. The Labute approximate surface area is 69.6 Å². The Balaban J connectivity index is 2.33. The molecule has 0 aromatic rings. The van der Waals surface area contributed by atoms with Crippen LogP contribution >= 0.6 is 0 Å². The average molecular weight is 151 g/mol. The summed E-state index contributed by atoms with van der Waals surface area (Å²) < 4.78 is 0. The van der Waals surface area contributed by atoms with Gasteiger partial charge in [-0.1, -0.05) is 12.8 Å². The van der Waals surface area contributed by atoms with Crippen molar-refractivity contribution in [2.24, 2.45) is 5.41 Å². The number of hydrogen-bond acceptors (Lipinski definition) is 1. The van der Waals surface area contributed by atoms with Gasteiger partial charge in [0.25, 0.3) is 0 Å². The van der Waals surface area contributed by atoms with Gasteiger partial charge >= 0.3 is 0 Å². The van der Waals surface area contributed by atoms with Gasteiger partial charge in [0, 0.05) is 6.04 Å². The first-order valence-corrected chi connectivity index (χ1v) is 4.31. The van der Waals surface area contributed by atoms with E-state index in [1.807, 2.05) is 6.92 Å². The molecule has 1 N–H and O–H groups in total. The van der Waals surface area contributed by atoms with Crippen LogP contribution < -0.4 is 5.32 Å². The van der Waals surface area contributed by atoms with Gasteiger partial charge in [0.2, 0.25) is 0 Å². The summed E-state index contributed by atoms with van der Waals surface area (Å²) in [7, 11) is 0. The minimum absolute atomic E-state index is 0.211. The maximum absolute atomic E-state index is 5.27. The highest BCUT2D eigenvalue weighted by molar-refractivity contribution is 5.02. The molecule has 11 heavy (non-hydrogen) atoms. The molecule has 0 aromatic heterocycles. The summed E-state index contributed by atoms with van der Waals surface area (Å²) in [5.74, 6) is 2.68. The van der Waals surface area contributed by atoms with Crippen molar-refractivity contribution in [3.05, 3.63) is 0 Å². The van der Waals surface area contributed by atoms with Crippen molar-refractivity contribution in [3.63, 3.8) is 0 Å². The van der Waals surface area contributed by atoms with E-state index in [4.69, 9.17) is 6.42 Å². The molecule has 0 amide bonds. The molecule has 0 saturated heterocycles. The van der Waals surface area contributed by atoms with Crippen LogP contribution in [0.2, 0.25) is 0 Å². The summed E-state index contributed by atoms with van der Waals surface area (Å²) in [4.78, 5) is 0. The van der Waals surface area contributed by atoms with Crippen molar-refractivity contribution in [2.45, 2.75) is 45.7 Å². The molecule has 0 aromatic carbocycles. The fourth-order valence-corrected chi connectivity index (χ4v) is 1.25. The summed E-state index contributed by atoms with van der Waals surface area (Å²) >= 11 is 0. The molecule has 1 fully saturated rings. The summed E-state index contributed by atoms with van der Waals surface area (Å²) in [5.41, 5.74) is 0.533. The van der Waals surface area contributed by atoms with Crippen molar-refractivity contribution >= 4 is 0 Å². The van der Waals surface area contributed by atoms with E-state index in [2.05, 4.69) is 25.1 Å². The molecule has 1 saturated carbocycles. The first-order chi connectivity index (χ1) is 5.08. The van der Waals surface area contributed by atoms with E-state index in [9.17, 15) is 0 Å². The average Bonchev–Trinajstić information content (AvgIpc) is 2.69. The molecule has 0 spiro atoms. The zero-order valence-electron chi connectivity index (χ0n) is 7.65. The van der Waals surface area contributed by atoms with Gasteiger partial charge in [0.15, 0.2) is 0 Å². The third-order valence-corrected chi connectivity index (χ3v) is 2.83. The maximum Gasteiger partial charge on any atom is 0.0660 e. The Morgan fingerprint density at radius 3 is 2.36 bits per heavy atom. The smallest absolute Gasteiger partial charge is 0.0660 e. The third-order valence-electron chi connectivity index (χ3n) is 2.83. The summed E-state index contributed by atoms with van der Waals surface area (Å²) in [5, 5.41) is 3.40. The van der Waals surface area contributed by atoms with Gasteiger partial charge in [0.05, 0.1) is 6.04 Å². The second-order valence-electron chi connectivity index (χ2n) is 3.93. The van der Waals surface area contributed by atoms with E-state index in [-0.39, 0.29) is 6.04 Å². The molecule has 1 nitrogen and oxygen atoms in total. The van der Waals surface area contributed by atoms with Crippen molar-refractivity contribution in [2.75, 3.05) is 0 Å². The van der Waals surface area contributed by atoms with E-state index in [0.717, 1.165) is 0 Å². The first-order valence-electron chi connectivity index (χ1n) is 4.31. The van der Waals surface area contributed by atoms with Crippen LogP contribution in [0.1, 0.15) is 33.6 Å². The van der Waals surface area contributed by atoms with Gasteiger partial charge in [0.1, 0.15) is 0 Å².